The maximum Gasteiger partial charge on any atom is 0.323 e. The molecule has 0 spiro atoms. The van der Waals surface area contributed by atoms with Gasteiger partial charge in [-0.3, -0.25) is 4.98 Å². The third kappa shape index (κ3) is 4.04. The standard InChI is InChI=1S/C13H18N6O/c1-8(2)20-13-18-11(14)17-12(19-13)15-7-10-6-4-5-9(3)16-10/h4-6,8H,7H2,1-3H3,(H3,14,15,17,18,19). The minimum absolute atomic E-state index is 0.0249. The third-order valence-electron chi connectivity index (χ3n) is 2.35. The van der Waals surface area contributed by atoms with E-state index in [-0.39, 0.29) is 18.1 Å². The minimum atomic E-state index is -0.0249. The number of nitrogens with zero attached hydrogens (tertiary/aromatic N) is 4. The van der Waals surface area contributed by atoms with Crippen molar-refractivity contribution in [3.8, 4) is 6.01 Å². The molecule has 0 amide bonds. The Kier molecular flexibility index (Phi) is 4.29. The molecule has 7 heteroatoms. The molecule has 106 valence electrons. The van der Waals surface area contributed by atoms with Crippen LogP contribution in [0.1, 0.15) is 25.2 Å². The first kappa shape index (κ1) is 14.0. The zero-order valence-corrected chi connectivity index (χ0v) is 11.8. The summed E-state index contributed by atoms with van der Waals surface area (Å²) < 4.78 is 5.41. The van der Waals surface area contributed by atoms with E-state index >= 15 is 0 Å². The van der Waals surface area contributed by atoms with Crippen LogP contribution in [-0.4, -0.2) is 26.0 Å². The van der Waals surface area contributed by atoms with Crippen molar-refractivity contribution in [2.75, 3.05) is 11.1 Å². The molecule has 2 heterocycles. The van der Waals surface area contributed by atoms with Crippen LogP contribution in [0.4, 0.5) is 11.9 Å². The molecule has 0 aliphatic rings. The number of anilines is 2. The van der Waals surface area contributed by atoms with Gasteiger partial charge in [-0.1, -0.05) is 6.07 Å². The summed E-state index contributed by atoms with van der Waals surface area (Å²) in [5.74, 6) is 0.492. The highest BCUT2D eigenvalue weighted by Crippen LogP contribution is 2.11. The van der Waals surface area contributed by atoms with Crippen LogP contribution in [0.15, 0.2) is 18.2 Å². The van der Waals surface area contributed by atoms with E-state index in [2.05, 4.69) is 25.3 Å². The zero-order valence-electron chi connectivity index (χ0n) is 11.8. The quantitative estimate of drug-likeness (QED) is 0.853. The third-order valence-corrected chi connectivity index (χ3v) is 2.35. The highest BCUT2D eigenvalue weighted by Gasteiger charge is 2.07. The van der Waals surface area contributed by atoms with E-state index in [1.165, 1.54) is 0 Å². The number of pyridine rings is 1. The lowest BCUT2D eigenvalue weighted by molar-refractivity contribution is 0.222. The number of rotatable bonds is 5. The summed E-state index contributed by atoms with van der Waals surface area (Å²) >= 11 is 0. The van der Waals surface area contributed by atoms with Crippen LogP contribution in [0, 0.1) is 6.92 Å². The molecule has 0 fully saturated rings. The zero-order chi connectivity index (χ0) is 14.5. The molecule has 7 nitrogen and oxygen atoms in total. The van der Waals surface area contributed by atoms with Gasteiger partial charge in [0.1, 0.15) is 0 Å². The molecule has 2 rings (SSSR count). The molecule has 3 N–H and O–H groups in total. The predicted octanol–water partition coefficient (Wildman–Crippen LogP) is 1.56. The lowest BCUT2D eigenvalue weighted by atomic mass is 10.3. The van der Waals surface area contributed by atoms with Gasteiger partial charge in [0.25, 0.3) is 0 Å². The summed E-state index contributed by atoms with van der Waals surface area (Å²) in [6.45, 7) is 6.23. The van der Waals surface area contributed by atoms with Crippen LogP contribution in [0.5, 0.6) is 6.01 Å². The number of aromatic nitrogens is 4. The fourth-order valence-corrected chi connectivity index (χ4v) is 1.58. The van der Waals surface area contributed by atoms with Crippen molar-refractivity contribution in [1.82, 2.24) is 19.9 Å². The molecule has 2 aromatic heterocycles. The van der Waals surface area contributed by atoms with Crippen LogP contribution < -0.4 is 15.8 Å². The van der Waals surface area contributed by atoms with Gasteiger partial charge in [0.2, 0.25) is 11.9 Å². The smallest absolute Gasteiger partial charge is 0.323 e. The summed E-state index contributed by atoms with van der Waals surface area (Å²) in [7, 11) is 0. The number of ether oxygens (including phenoxy) is 1. The molecule has 0 aliphatic carbocycles. The van der Waals surface area contributed by atoms with Crippen LogP contribution in [0.3, 0.4) is 0 Å². The normalized spacial score (nSPS) is 10.6. The number of hydrogen-bond acceptors (Lipinski definition) is 7. The molecule has 0 aliphatic heterocycles. The SMILES string of the molecule is Cc1cccc(CNc2nc(N)nc(OC(C)C)n2)n1. The molecule has 0 aromatic carbocycles. The van der Waals surface area contributed by atoms with Gasteiger partial charge in [-0.2, -0.15) is 15.0 Å². The maximum absolute atomic E-state index is 5.63. The second-order valence-corrected chi connectivity index (χ2v) is 4.59. The Labute approximate surface area is 117 Å². The van der Waals surface area contributed by atoms with Gasteiger partial charge in [0, 0.05) is 5.69 Å². The largest absolute Gasteiger partial charge is 0.461 e. The van der Waals surface area contributed by atoms with Crippen molar-refractivity contribution < 1.29 is 4.74 Å². The van der Waals surface area contributed by atoms with Crippen molar-refractivity contribution in [3.05, 3.63) is 29.6 Å². The van der Waals surface area contributed by atoms with Crippen molar-refractivity contribution in [3.63, 3.8) is 0 Å². The number of nitrogens with one attached hydrogen (secondary N) is 1. The van der Waals surface area contributed by atoms with Crippen molar-refractivity contribution in [2.24, 2.45) is 0 Å². The second kappa shape index (κ2) is 6.14. The Balaban J connectivity index is 2.07. The van der Waals surface area contributed by atoms with Gasteiger partial charge in [-0.15, -0.1) is 0 Å². The number of nitrogens with two attached hydrogens (primary N) is 1. The van der Waals surface area contributed by atoms with Crippen LogP contribution in [0.2, 0.25) is 0 Å². The number of hydrogen-bond donors (Lipinski definition) is 2. The second-order valence-electron chi connectivity index (χ2n) is 4.59. The summed E-state index contributed by atoms with van der Waals surface area (Å²) in [5.41, 5.74) is 7.49. The highest BCUT2D eigenvalue weighted by atomic mass is 16.5. The first-order valence-electron chi connectivity index (χ1n) is 6.37. The molecule has 20 heavy (non-hydrogen) atoms. The van der Waals surface area contributed by atoms with Crippen LogP contribution in [0.25, 0.3) is 0 Å². The van der Waals surface area contributed by atoms with Gasteiger partial charge >= 0.3 is 6.01 Å². The van der Waals surface area contributed by atoms with Crippen LogP contribution >= 0.6 is 0 Å². The maximum atomic E-state index is 5.63. The molecule has 2 aromatic rings. The fourth-order valence-electron chi connectivity index (χ4n) is 1.58. The molecule has 0 bridgehead atoms. The fraction of sp³-hybridized carbons (Fsp3) is 0.385. The van der Waals surface area contributed by atoms with E-state index in [0.29, 0.717) is 12.5 Å². The average Bonchev–Trinajstić information content (AvgIpc) is 2.35. The Morgan fingerprint density at radius 1 is 1.20 bits per heavy atom. The van der Waals surface area contributed by atoms with Crippen LogP contribution in [-0.2, 0) is 6.54 Å². The minimum Gasteiger partial charge on any atom is -0.461 e. The average molecular weight is 274 g/mol. The molecule has 0 unspecified atom stereocenters. The lowest BCUT2D eigenvalue weighted by Crippen LogP contribution is -2.13. The summed E-state index contributed by atoms with van der Waals surface area (Å²) in [6.07, 6.45) is -0.0249. The van der Waals surface area contributed by atoms with Gasteiger partial charge in [-0.05, 0) is 32.9 Å². The van der Waals surface area contributed by atoms with Gasteiger partial charge in [-0.25, -0.2) is 0 Å². The first-order valence-corrected chi connectivity index (χ1v) is 6.37. The summed E-state index contributed by atoms with van der Waals surface area (Å²) in [5, 5.41) is 3.06. The van der Waals surface area contributed by atoms with E-state index in [0.717, 1.165) is 11.4 Å². The van der Waals surface area contributed by atoms with Gasteiger partial charge in [0.15, 0.2) is 0 Å². The Morgan fingerprint density at radius 2 is 2.00 bits per heavy atom. The Morgan fingerprint density at radius 3 is 2.70 bits per heavy atom. The molecule has 0 radical (unpaired) electrons. The molecule has 0 saturated carbocycles. The molecular weight excluding hydrogens is 256 g/mol. The van der Waals surface area contributed by atoms with E-state index < -0.39 is 0 Å². The number of nitrogen functional groups attached to an aromatic ring is 1. The predicted molar refractivity (Wildman–Crippen MR) is 76.3 cm³/mol. The first-order chi connectivity index (χ1) is 9.52. The van der Waals surface area contributed by atoms with E-state index in [1.54, 1.807) is 0 Å². The Hall–Kier alpha value is -2.44. The summed E-state index contributed by atoms with van der Waals surface area (Å²) in [6, 6.07) is 6.04. The van der Waals surface area contributed by atoms with Crippen molar-refractivity contribution in [2.45, 2.75) is 33.4 Å². The summed E-state index contributed by atoms with van der Waals surface area (Å²) in [4.78, 5) is 16.5. The topological polar surface area (TPSA) is 98.8 Å². The lowest BCUT2D eigenvalue weighted by Gasteiger charge is -2.10. The molecular formula is C13H18N6O. The van der Waals surface area contributed by atoms with Gasteiger partial charge in [0.05, 0.1) is 18.3 Å². The number of aryl methyl sites for hydroxylation is 1. The van der Waals surface area contributed by atoms with Gasteiger partial charge < -0.3 is 15.8 Å². The Bertz CT molecular complexity index is 587. The molecule has 0 atom stereocenters. The molecule has 0 saturated heterocycles. The van der Waals surface area contributed by atoms with E-state index in [9.17, 15) is 0 Å². The van der Waals surface area contributed by atoms with E-state index in [1.807, 2.05) is 39.0 Å². The van der Waals surface area contributed by atoms with Crippen molar-refractivity contribution in [1.29, 1.82) is 0 Å². The van der Waals surface area contributed by atoms with E-state index in [4.69, 9.17) is 10.5 Å². The van der Waals surface area contributed by atoms with Crippen molar-refractivity contribution >= 4 is 11.9 Å². The monoisotopic (exact) mass is 274 g/mol. The highest BCUT2D eigenvalue weighted by molar-refractivity contribution is 5.33.